The summed E-state index contributed by atoms with van der Waals surface area (Å²) in [6.07, 6.45) is 2.41. The van der Waals surface area contributed by atoms with Gasteiger partial charge in [0.15, 0.2) is 5.78 Å². The van der Waals surface area contributed by atoms with Gasteiger partial charge < -0.3 is 5.11 Å². The van der Waals surface area contributed by atoms with Crippen molar-refractivity contribution < 1.29 is 29.1 Å². The molecule has 3 fully saturated rings. The number of allylic oxidation sites excluding steroid dienone is 2. The lowest BCUT2D eigenvalue weighted by molar-refractivity contribution is -0.138. The molecule has 2 aliphatic carbocycles. The summed E-state index contributed by atoms with van der Waals surface area (Å²) in [6, 6.07) is 38.9. The first-order valence-corrected chi connectivity index (χ1v) is 18.5. The third-order valence-electron chi connectivity index (χ3n) is 12.0. The van der Waals surface area contributed by atoms with Gasteiger partial charge in [-0.25, -0.2) is 0 Å². The van der Waals surface area contributed by atoms with Gasteiger partial charge in [0.05, 0.1) is 34.5 Å². The smallest absolute Gasteiger partial charge is 0.260 e. The second-order valence-electron chi connectivity index (χ2n) is 14.9. The molecule has 0 bridgehead atoms. The number of fused-ring (bicyclic) bond motifs is 4. The van der Waals surface area contributed by atoms with Crippen LogP contribution >= 0.6 is 0 Å². The van der Waals surface area contributed by atoms with Crippen LogP contribution in [0.15, 0.2) is 145 Å². The zero-order valence-corrected chi connectivity index (χ0v) is 30.0. The molecule has 2 saturated heterocycles. The monoisotopic (exact) mass is 727 g/mol. The quantitative estimate of drug-likeness (QED) is 0.104. The number of hydrogen-bond acceptors (Lipinski definition) is 7. The van der Waals surface area contributed by atoms with E-state index in [0.717, 1.165) is 16.1 Å². The lowest BCUT2D eigenvalue weighted by Crippen LogP contribution is -2.53. The molecule has 9 heteroatoms. The van der Waals surface area contributed by atoms with E-state index in [1.54, 1.807) is 66.7 Å². The highest BCUT2D eigenvalue weighted by atomic mass is 16.3. The number of ketones is 1. The summed E-state index contributed by atoms with van der Waals surface area (Å²) in [4.78, 5) is 73.3. The van der Waals surface area contributed by atoms with E-state index in [-0.39, 0.29) is 36.2 Å². The lowest BCUT2D eigenvalue weighted by atomic mass is 9.49. The highest BCUT2D eigenvalue weighted by Gasteiger charge is 2.70. The van der Waals surface area contributed by atoms with Gasteiger partial charge >= 0.3 is 0 Å². The van der Waals surface area contributed by atoms with Crippen molar-refractivity contribution in [1.82, 2.24) is 5.01 Å². The Hall–Kier alpha value is -6.61. The first-order valence-electron chi connectivity index (χ1n) is 18.5. The molecule has 0 unspecified atom stereocenters. The maximum Gasteiger partial charge on any atom is 0.260 e. The SMILES string of the molecule is Cc1ccc(NN2C(=O)[C@@H]3C[C@@H]4C(=CC[C@@H]5C(=O)N(c6ccc(C(=O)c7ccccc7)cc6)C(=O)[C@@H]54)[C@H](c4cccc(O)c4)[C@]3(c3ccccc3)C2=O)cc1. The Bertz CT molecular complexity index is 2410. The first-order chi connectivity index (χ1) is 26.7. The van der Waals surface area contributed by atoms with Crippen LogP contribution in [-0.4, -0.2) is 39.5 Å². The van der Waals surface area contributed by atoms with Crippen LogP contribution in [0.1, 0.15) is 51.4 Å². The van der Waals surface area contributed by atoms with Crippen molar-refractivity contribution in [3.8, 4) is 5.75 Å². The Morgan fingerprint density at radius 3 is 2.09 bits per heavy atom. The number of aromatic hydroxyl groups is 1. The van der Waals surface area contributed by atoms with Crippen molar-refractivity contribution in [2.75, 3.05) is 10.3 Å². The number of aryl methyl sites for hydroxylation is 1. The minimum atomic E-state index is -1.43. The zero-order valence-electron chi connectivity index (χ0n) is 30.0. The summed E-state index contributed by atoms with van der Waals surface area (Å²) >= 11 is 0. The van der Waals surface area contributed by atoms with Gasteiger partial charge in [-0.3, -0.25) is 34.3 Å². The van der Waals surface area contributed by atoms with Gasteiger partial charge in [-0.15, -0.1) is 0 Å². The van der Waals surface area contributed by atoms with Gasteiger partial charge in [0, 0.05) is 17.0 Å². The van der Waals surface area contributed by atoms with Crippen LogP contribution in [0, 0.1) is 30.6 Å². The Labute approximate surface area is 317 Å². The maximum atomic E-state index is 15.2. The summed E-state index contributed by atoms with van der Waals surface area (Å²) in [5.41, 5.74) is 6.71. The van der Waals surface area contributed by atoms with Crippen molar-refractivity contribution >= 4 is 40.8 Å². The molecule has 2 aliphatic heterocycles. The van der Waals surface area contributed by atoms with Crippen molar-refractivity contribution in [2.45, 2.75) is 31.1 Å². The molecule has 0 spiro atoms. The minimum absolute atomic E-state index is 0.00701. The lowest BCUT2D eigenvalue weighted by Gasteiger charge is -2.50. The fourth-order valence-electron chi connectivity index (χ4n) is 9.60. The second-order valence-corrected chi connectivity index (χ2v) is 14.9. The van der Waals surface area contributed by atoms with E-state index in [1.807, 2.05) is 79.7 Å². The number of anilines is 2. The molecule has 1 saturated carbocycles. The third-order valence-corrected chi connectivity index (χ3v) is 12.0. The van der Waals surface area contributed by atoms with E-state index in [2.05, 4.69) is 5.43 Å². The Morgan fingerprint density at radius 1 is 0.727 bits per heavy atom. The molecule has 4 aliphatic rings. The predicted octanol–water partition coefficient (Wildman–Crippen LogP) is 7.12. The van der Waals surface area contributed by atoms with Crippen molar-refractivity contribution in [2.24, 2.45) is 23.7 Å². The first kappa shape index (κ1) is 34.2. The number of nitrogens with zero attached hydrogens (tertiary/aromatic N) is 2. The topological polar surface area (TPSA) is 124 Å². The fourth-order valence-corrected chi connectivity index (χ4v) is 9.60. The minimum Gasteiger partial charge on any atom is -0.508 e. The van der Waals surface area contributed by atoms with E-state index >= 15 is 4.79 Å². The molecular weight excluding hydrogens is 691 g/mol. The van der Waals surface area contributed by atoms with E-state index in [9.17, 15) is 24.3 Å². The van der Waals surface area contributed by atoms with Crippen LogP contribution in [0.2, 0.25) is 0 Å². The van der Waals surface area contributed by atoms with Crippen LogP contribution in [0.5, 0.6) is 5.75 Å². The number of phenolic OH excluding ortho intramolecular Hbond substituents is 1. The number of benzene rings is 5. The molecule has 0 radical (unpaired) electrons. The van der Waals surface area contributed by atoms with Crippen LogP contribution in [0.25, 0.3) is 0 Å². The largest absolute Gasteiger partial charge is 0.508 e. The van der Waals surface area contributed by atoms with E-state index < -0.39 is 46.8 Å². The number of nitrogens with one attached hydrogen (secondary N) is 1. The molecular formula is C46H37N3O6. The molecule has 55 heavy (non-hydrogen) atoms. The molecule has 4 amide bonds. The number of hydrazine groups is 1. The van der Waals surface area contributed by atoms with Crippen LogP contribution < -0.4 is 10.3 Å². The van der Waals surface area contributed by atoms with Crippen LogP contribution in [-0.2, 0) is 24.6 Å². The summed E-state index contributed by atoms with van der Waals surface area (Å²) in [6.45, 7) is 1.95. The Morgan fingerprint density at radius 2 is 1.40 bits per heavy atom. The molecule has 5 aromatic carbocycles. The average Bonchev–Trinajstić information content (AvgIpc) is 3.59. The predicted molar refractivity (Wildman–Crippen MR) is 206 cm³/mol. The van der Waals surface area contributed by atoms with Crippen molar-refractivity contribution in [1.29, 1.82) is 0 Å². The van der Waals surface area contributed by atoms with Crippen molar-refractivity contribution in [3.63, 3.8) is 0 Å². The number of rotatable bonds is 7. The summed E-state index contributed by atoms with van der Waals surface area (Å²) in [5, 5.41) is 11.9. The second kappa shape index (κ2) is 13.1. The maximum absolute atomic E-state index is 15.2. The third kappa shape index (κ3) is 5.25. The molecule has 272 valence electrons. The van der Waals surface area contributed by atoms with E-state index in [4.69, 9.17) is 0 Å². The van der Waals surface area contributed by atoms with Gasteiger partial charge in [0.2, 0.25) is 11.8 Å². The molecule has 0 aromatic heterocycles. The standard InChI is InChI=1S/C46H37N3O6/c1-27-15-19-32(20-16-27)47-49-43(53)38-26-37-35(40(30-11-8-14-34(50)25-30)46(38,45(49)55)31-12-6-3-7-13-31)23-24-36-39(37)44(54)48(42(36)52)33-21-17-29(18-22-33)41(51)28-9-4-2-5-10-28/h2-23,25,36-40,47,50H,24,26H2,1H3/t36-,37+,38-,39-,40-,46+/m0/s1. The number of amides is 4. The number of hydrogen-bond donors (Lipinski definition) is 2. The fraction of sp³-hybridized carbons (Fsp3) is 0.196. The molecule has 6 atom stereocenters. The van der Waals surface area contributed by atoms with Gasteiger partial charge in [-0.1, -0.05) is 102 Å². The summed E-state index contributed by atoms with van der Waals surface area (Å²) in [5.74, 6) is -5.38. The van der Waals surface area contributed by atoms with Gasteiger partial charge in [-0.2, -0.15) is 5.01 Å². The summed E-state index contributed by atoms with van der Waals surface area (Å²) < 4.78 is 0. The average molecular weight is 728 g/mol. The molecule has 2 heterocycles. The number of imide groups is 2. The van der Waals surface area contributed by atoms with Gasteiger partial charge in [-0.05, 0) is 85.3 Å². The molecule has 9 nitrogen and oxygen atoms in total. The highest BCUT2D eigenvalue weighted by molar-refractivity contribution is 6.23. The van der Waals surface area contributed by atoms with E-state index in [0.29, 0.717) is 33.6 Å². The Kier molecular flexibility index (Phi) is 8.11. The zero-order chi connectivity index (χ0) is 38.0. The Balaban J connectivity index is 1.14. The van der Waals surface area contributed by atoms with Gasteiger partial charge in [0.25, 0.3) is 11.8 Å². The van der Waals surface area contributed by atoms with E-state index in [1.165, 1.54) is 4.90 Å². The number of carbonyl (C=O) groups is 5. The van der Waals surface area contributed by atoms with Crippen LogP contribution in [0.3, 0.4) is 0 Å². The summed E-state index contributed by atoms with van der Waals surface area (Å²) in [7, 11) is 0. The number of phenols is 1. The van der Waals surface area contributed by atoms with Crippen LogP contribution in [0.4, 0.5) is 11.4 Å². The molecule has 5 aromatic rings. The molecule has 9 rings (SSSR count). The number of carbonyl (C=O) groups excluding carboxylic acids is 5. The molecule has 2 N–H and O–H groups in total. The highest BCUT2D eigenvalue weighted by Crippen LogP contribution is 2.64. The van der Waals surface area contributed by atoms with Gasteiger partial charge in [0.1, 0.15) is 5.75 Å². The van der Waals surface area contributed by atoms with Crippen molar-refractivity contribution in [3.05, 3.63) is 173 Å². The normalized spacial score (nSPS) is 25.6.